The van der Waals surface area contributed by atoms with Crippen molar-refractivity contribution in [1.29, 1.82) is 5.26 Å². The van der Waals surface area contributed by atoms with Crippen molar-refractivity contribution in [1.82, 2.24) is 4.98 Å². The summed E-state index contributed by atoms with van der Waals surface area (Å²) in [5.74, 6) is 0. The van der Waals surface area contributed by atoms with Crippen LogP contribution in [0.2, 0.25) is 5.02 Å². The molecule has 2 nitrogen and oxygen atoms in total. The molecule has 1 aromatic rings. The molecule has 0 spiro atoms. The maximum Gasteiger partial charge on any atom is 0.0994 e. The van der Waals surface area contributed by atoms with Crippen LogP contribution < -0.4 is 0 Å². The molecule has 3 heteroatoms. The van der Waals surface area contributed by atoms with Gasteiger partial charge in [-0.3, -0.25) is 4.98 Å². The molecule has 0 radical (unpaired) electrons. The van der Waals surface area contributed by atoms with Crippen molar-refractivity contribution in [3.63, 3.8) is 0 Å². The van der Waals surface area contributed by atoms with Gasteiger partial charge in [-0.25, -0.2) is 0 Å². The number of nitrogens with zero attached hydrogens (tertiary/aromatic N) is 2. The average molecular weight is 179 g/mol. The van der Waals surface area contributed by atoms with E-state index in [2.05, 4.69) is 11.1 Å². The highest BCUT2D eigenvalue weighted by Crippen LogP contribution is 2.46. The van der Waals surface area contributed by atoms with Crippen LogP contribution in [0.1, 0.15) is 18.5 Å². The molecule has 1 aliphatic rings. The Kier molecular flexibility index (Phi) is 1.55. The molecular formula is C9H7ClN2. The van der Waals surface area contributed by atoms with Crippen LogP contribution in [0, 0.1) is 11.3 Å². The second kappa shape index (κ2) is 2.46. The smallest absolute Gasteiger partial charge is 0.0994 e. The van der Waals surface area contributed by atoms with Crippen LogP contribution in [-0.4, -0.2) is 4.98 Å². The Balaban J connectivity index is 2.42. The quantitative estimate of drug-likeness (QED) is 0.662. The van der Waals surface area contributed by atoms with Gasteiger partial charge in [0.1, 0.15) is 0 Å². The number of rotatable bonds is 1. The lowest BCUT2D eigenvalue weighted by molar-refractivity contribution is 0.854. The van der Waals surface area contributed by atoms with Crippen molar-refractivity contribution >= 4 is 11.6 Å². The molecule has 1 aliphatic carbocycles. The largest absolute Gasteiger partial charge is 0.260 e. The summed E-state index contributed by atoms with van der Waals surface area (Å²) in [6, 6.07) is 5.77. The fourth-order valence-electron chi connectivity index (χ4n) is 1.22. The number of hydrogen-bond donors (Lipinski definition) is 0. The van der Waals surface area contributed by atoms with E-state index in [4.69, 9.17) is 16.9 Å². The number of nitriles is 1. The van der Waals surface area contributed by atoms with E-state index < -0.39 is 0 Å². The standard InChI is InChI=1S/C9H7ClN2/c10-7-1-4-12-8(5-7)9(6-11)2-3-9/h1,4-5H,2-3H2. The van der Waals surface area contributed by atoms with Crippen molar-refractivity contribution in [2.45, 2.75) is 18.3 Å². The minimum absolute atomic E-state index is 0.315. The van der Waals surface area contributed by atoms with Gasteiger partial charge in [-0.15, -0.1) is 0 Å². The zero-order chi connectivity index (χ0) is 8.60. The van der Waals surface area contributed by atoms with Gasteiger partial charge in [-0.05, 0) is 25.0 Å². The molecular weight excluding hydrogens is 172 g/mol. The van der Waals surface area contributed by atoms with E-state index in [1.54, 1.807) is 18.3 Å². The van der Waals surface area contributed by atoms with E-state index in [9.17, 15) is 0 Å². The van der Waals surface area contributed by atoms with Crippen molar-refractivity contribution in [2.24, 2.45) is 0 Å². The van der Waals surface area contributed by atoms with Crippen LogP contribution >= 0.6 is 11.6 Å². The zero-order valence-electron chi connectivity index (χ0n) is 6.42. The second-order valence-electron chi connectivity index (χ2n) is 3.05. The third-order valence-corrected chi connectivity index (χ3v) is 2.41. The Morgan fingerprint density at radius 1 is 1.58 bits per heavy atom. The third-order valence-electron chi connectivity index (χ3n) is 2.18. The molecule has 60 valence electrons. The molecule has 12 heavy (non-hydrogen) atoms. The maximum atomic E-state index is 8.87. The highest BCUT2D eigenvalue weighted by Gasteiger charge is 2.46. The number of pyridine rings is 1. The predicted molar refractivity (Wildman–Crippen MR) is 45.8 cm³/mol. The molecule has 0 atom stereocenters. The summed E-state index contributed by atoms with van der Waals surface area (Å²) in [5.41, 5.74) is 0.503. The van der Waals surface area contributed by atoms with Crippen molar-refractivity contribution in [3.8, 4) is 6.07 Å². The van der Waals surface area contributed by atoms with Gasteiger partial charge < -0.3 is 0 Å². The molecule has 0 amide bonds. The highest BCUT2D eigenvalue weighted by atomic mass is 35.5. The van der Waals surface area contributed by atoms with Crippen LogP contribution in [0.15, 0.2) is 18.3 Å². The first kappa shape index (κ1) is 7.57. The Morgan fingerprint density at radius 2 is 2.33 bits per heavy atom. The van der Waals surface area contributed by atoms with Gasteiger partial charge in [0.15, 0.2) is 0 Å². The summed E-state index contributed by atoms with van der Waals surface area (Å²) >= 11 is 5.79. The van der Waals surface area contributed by atoms with Crippen molar-refractivity contribution in [2.75, 3.05) is 0 Å². The van der Waals surface area contributed by atoms with E-state index in [1.807, 2.05) is 0 Å². The lowest BCUT2D eigenvalue weighted by Gasteiger charge is -2.03. The van der Waals surface area contributed by atoms with Gasteiger partial charge in [-0.2, -0.15) is 5.26 Å². The van der Waals surface area contributed by atoms with Gasteiger partial charge in [0.2, 0.25) is 0 Å². The van der Waals surface area contributed by atoms with Gasteiger partial charge in [0.25, 0.3) is 0 Å². The maximum absolute atomic E-state index is 8.87. The summed E-state index contributed by atoms with van der Waals surface area (Å²) in [4.78, 5) is 4.14. The predicted octanol–water partition coefficient (Wildman–Crippen LogP) is 2.29. The third kappa shape index (κ3) is 1.07. The topological polar surface area (TPSA) is 36.7 Å². The number of halogens is 1. The first-order chi connectivity index (χ1) is 5.77. The molecule has 1 fully saturated rings. The summed E-state index contributed by atoms with van der Waals surface area (Å²) in [5, 5.41) is 9.52. The zero-order valence-corrected chi connectivity index (χ0v) is 7.17. The van der Waals surface area contributed by atoms with E-state index >= 15 is 0 Å². The minimum Gasteiger partial charge on any atom is -0.260 e. The van der Waals surface area contributed by atoms with E-state index in [-0.39, 0.29) is 5.41 Å². The van der Waals surface area contributed by atoms with Gasteiger partial charge >= 0.3 is 0 Å². The van der Waals surface area contributed by atoms with Crippen LogP contribution in [0.25, 0.3) is 0 Å². The van der Waals surface area contributed by atoms with Gasteiger partial charge in [0.05, 0.1) is 17.2 Å². The monoisotopic (exact) mass is 178 g/mol. The Hall–Kier alpha value is -1.07. The Labute approximate surface area is 75.8 Å². The van der Waals surface area contributed by atoms with Gasteiger partial charge in [-0.1, -0.05) is 11.6 Å². The molecule has 2 rings (SSSR count). The number of hydrogen-bond acceptors (Lipinski definition) is 2. The first-order valence-corrected chi connectivity index (χ1v) is 4.18. The first-order valence-electron chi connectivity index (χ1n) is 3.80. The lowest BCUT2D eigenvalue weighted by Crippen LogP contribution is -2.04. The van der Waals surface area contributed by atoms with Crippen LogP contribution in [0.4, 0.5) is 0 Å². The lowest BCUT2D eigenvalue weighted by atomic mass is 10.0. The molecule has 0 saturated heterocycles. The summed E-state index contributed by atoms with van der Waals surface area (Å²) < 4.78 is 0. The Morgan fingerprint density at radius 3 is 2.83 bits per heavy atom. The van der Waals surface area contributed by atoms with Crippen molar-refractivity contribution < 1.29 is 0 Å². The van der Waals surface area contributed by atoms with E-state index in [1.165, 1.54) is 0 Å². The van der Waals surface area contributed by atoms with Crippen LogP contribution in [0.5, 0.6) is 0 Å². The molecule has 1 saturated carbocycles. The molecule has 0 N–H and O–H groups in total. The SMILES string of the molecule is N#CC1(c2cc(Cl)ccn2)CC1. The highest BCUT2D eigenvalue weighted by molar-refractivity contribution is 6.30. The van der Waals surface area contributed by atoms with Crippen molar-refractivity contribution in [3.05, 3.63) is 29.0 Å². The van der Waals surface area contributed by atoms with E-state index in [0.29, 0.717) is 5.02 Å². The molecule has 0 aliphatic heterocycles. The average Bonchev–Trinajstić information content (AvgIpc) is 2.84. The Bertz CT molecular complexity index is 350. The summed E-state index contributed by atoms with van der Waals surface area (Å²) in [7, 11) is 0. The second-order valence-corrected chi connectivity index (χ2v) is 3.49. The van der Waals surface area contributed by atoms with Crippen LogP contribution in [-0.2, 0) is 5.41 Å². The molecule has 0 unspecified atom stereocenters. The van der Waals surface area contributed by atoms with Gasteiger partial charge in [0, 0.05) is 11.2 Å². The normalized spacial score (nSPS) is 18.3. The fourth-order valence-corrected chi connectivity index (χ4v) is 1.38. The molecule has 0 bridgehead atoms. The summed E-state index contributed by atoms with van der Waals surface area (Å²) in [6.07, 6.45) is 3.47. The molecule has 1 heterocycles. The summed E-state index contributed by atoms with van der Waals surface area (Å²) in [6.45, 7) is 0. The number of aromatic nitrogens is 1. The molecule has 0 aromatic carbocycles. The molecule has 1 aromatic heterocycles. The fraction of sp³-hybridized carbons (Fsp3) is 0.333. The van der Waals surface area contributed by atoms with Crippen LogP contribution in [0.3, 0.4) is 0 Å². The van der Waals surface area contributed by atoms with E-state index in [0.717, 1.165) is 18.5 Å². The minimum atomic E-state index is -0.315.